The van der Waals surface area contributed by atoms with Crippen LogP contribution in [0.1, 0.15) is 29.9 Å². The van der Waals surface area contributed by atoms with Gasteiger partial charge < -0.3 is 20.1 Å². The van der Waals surface area contributed by atoms with Gasteiger partial charge in [0, 0.05) is 32.0 Å². The summed E-state index contributed by atoms with van der Waals surface area (Å²) >= 11 is 0. The minimum Gasteiger partial charge on any atom is -0.481 e. The molecule has 0 saturated heterocycles. The Morgan fingerprint density at radius 1 is 1.06 bits per heavy atom. The molecule has 1 saturated carbocycles. The van der Waals surface area contributed by atoms with Crippen molar-refractivity contribution in [1.29, 1.82) is 0 Å². The summed E-state index contributed by atoms with van der Waals surface area (Å²) in [4.78, 5) is 36.6. The number of carboxylic acids is 1. The Kier molecular flexibility index (Phi) is 5.93. The number of carboxylic acid groups (broad SMARTS) is 1. The summed E-state index contributed by atoms with van der Waals surface area (Å²) in [7, 11) is 1.61. The number of carbonyl (C=O) groups is 3. The molecule has 2 atom stereocenters. The Hall–Kier alpha value is -3.35. The maximum absolute atomic E-state index is 12.3. The van der Waals surface area contributed by atoms with Crippen molar-refractivity contribution in [3.63, 3.8) is 0 Å². The molecular formula is C24H26N2O5. The molecule has 0 bridgehead atoms. The van der Waals surface area contributed by atoms with Gasteiger partial charge >= 0.3 is 12.1 Å². The standard InChI is InChI=1S/C24H26N2O5/c1-26(11-10-22(27)28)23(29)20-12-15(20)13-25-24(30)31-14-21-18-8-4-2-6-16(18)17-7-3-5-9-19(17)21/h2-9,15,20-21H,10-14H2,1H3,(H,25,30)(H,27,28)/t15-,20-/m0/s1. The van der Waals surface area contributed by atoms with E-state index in [9.17, 15) is 14.4 Å². The zero-order chi connectivity index (χ0) is 22.0. The quantitative estimate of drug-likeness (QED) is 0.682. The molecule has 7 nitrogen and oxygen atoms in total. The monoisotopic (exact) mass is 422 g/mol. The van der Waals surface area contributed by atoms with Gasteiger partial charge in [0.1, 0.15) is 6.61 Å². The number of nitrogens with one attached hydrogen (secondary N) is 1. The third-order valence-corrected chi connectivity index (χ3v) is 6.13. The Morgan fingerprint density at radius 3 is 2.29 bits per heavy atom. The lowest BCUT2D eigenvalue weighted by Crippen LogP contribution is -2.32. The average Bonchev–Trinajstić information content (AvgIpc) is 3.49. The molecule has 2 aromatic rings. The molecule has 0 radical (unpaired) electrons. The largest absolute Gasteiger partial charge is 0.481 e. The lowest BCUT2D eigenvalue weighted by Gasteiger charge is -2.16. The van der Waals surface area contributed by atoms with Crippen LogP contribution in [0.5, 0.6) is 0 Å². The van der Waals surface area contributed by atoms with Crippen molar-refractivity contribution in [2.24, 2.45) is 11.8 Å². The van der Waals surface area contributed by atoms with Crippen LogP contribution in [0.15, 0.2) is 48.5 Å². The summed E-state index contributed by atoms with van der Waals surface area (Å²) in [5.74, 6) is -1.08. The lowest BCUT2D eigenvalue weighted by atomic mass is 9.98. The summed E-state index contributed by atoms with van der Waals surface area (Å²) in [6.45, 7) is 0.821. The van der Waals surface area contributed by atoms with Crippen molar-refractivity contribution in [2.75, 3.05) is 26.7 Å². The van der Waals surface area contributed by atoms with E-state index < -0.39 is 12.1 Å². The third-order valence-electron chi connectivity index (χ3n) is 6.13. The highest BCUT2D eigenvalue weighted by Crippen LogP contribution is 2.44. The molecule has 0 aromatic heterocycles. The van der Waals surface area contributed by atoms with Crippen LogP contribution in [0.25, 0.3) is 11.1 Å². The van der Waals surface area contributed by atoms with Gasteiger partial charge in [0.2, 0.25) is 5.91 Å². The molecule has 7 heteroatoms. The smallest absolute Gasteiger partial charge is 0.407 e. The van der Waals surface area contributed by atoms with Gasteiger partial charge in [-0.3, -0.25) is 9.59 Å². The number of nitrogens with zero attached hydrogens (tertiary/aromatic N) is 1. The van der Waals surface area contributed by atoms with E-state index in [1.807, 2.05) is 24.3 Å². The lowest BCUT2D eigenvalue weighted by molar-refractivity contribution is -0.138. The summed E-state index contributed by atoms with van der Waals surface area (Å²) in [6, 6.07) is 16.3. The van der Waals surface area contributed by atoms with Crippen LogP contribution >= 0.6 is 0 Å². The van der Waals surface area contributed by atoms with Gasteiger partial charge in [-0.15, -0.1) is 0 Å². The number of amides is 2. The minimum absolute atomic E-state index is 0.0105. The maximum Gasteiger partial charge on any atom is 0.407 e. The summed E-state index contributed by atoms with van der Waals surface area (Å²) in [6.07, 6.45) is 0.136. The van der Waals surface area contributed by atoms with Crippen molar-refractivity contribution < 1.29 is 24.2 Å². The molecule has 2 aliphatic rings. The van der Waals surface area contributed by atoms with Crippen LogP contribution in [0, 0.1) is 11.8 Å². The zero-order valence-electron chi connectivity index (χ0n) is 17.4. The topological polar surface area (TPSA) is 95.9 Å². The van der Waals surface area contributed by atoms with Gasteiger partial charge in [0.25, 0.3) is 0 Å². The Labute approximate surface area is 181 Å². The SMILES string of the molecule is CN(CCC(=O)O)C(=O)[C@H]1C[C@H]1CNC(=O)OCC1c2ccccc2-c2ccccc21. The first-order chi connectivity index (χ1) is 15.0. The normalized spacial score (nSPS) is 18.6. The van der Waals surface area contributed by atoms with Crippen molar-refractivity contribution >= 4 is 18.0 Å². The predicted octanol–water partition coefficient (Wildman–Crippen LogP) is 3.09. The number of hydrogen-bond donors (Lipinski definition) is 2. The van der Waals surface area contributed by atoms with Crippen LogP contribution in [0.3, 0.4) is 0 Å². The highest BCUT2D eigenvalue weighted by atomic mass is 16.5. The second-order valence-electron chi connectivity index (χ2n) is 8.21. The van der Waals surface area contributed by atoms with Gasteiger partial charge in [-0.05, 0) is 34.6 Å². The zero-order valence-corrected chi connectivity index (χ0v) is 17.4. The van der Waals surface area contributed by atoms with E-state index in [2.05, 4.69) is 29.6 Å². The fourth-order valence-electron chi connectivity index (χ4n) is 4.30. The van der Waals surface area contributed by atoms with E-state index >= 15 is 0 Å². The molecule has 0 heterocycles. The molecule has 4 rings (SSSR count). The van der Waals surface area contributed by atoms with E-state index in [0.29, 0.717) is 13.0 Å². The minimum atomic E-state index is -0.927. The van der Waals surface area contributed by atoms with E-state index in [-0.39, 0.29) is 43.2 Å². The van der Waals surface area contributed by atoms with Crippen LogP contribution in [0.2, 0.25) is 0 Å². The maximum atomic E-state index is 12.3. The molecule has 2 amide bonds. The Balaban J connectivity index is 1.25. The summed E-state index contributed by atoms with van der Waals surface area (Å²) < 4.78 is 5.52. The van der Waals surface area contributed by atoms with Crippen LogP contribution in [0.4, 0.5) is 4.79 Å². The molecule has 2 N–H and O–H groups in total. The number of rotatable bonds is 8. The highest BCUT2D eigenvalue weighted by molar-refractivity contribution is 5.82. The van der Waals surface area contributed by atoms with E-state index in [0.717, 1.165) is 11.1 Å². The van der Waals surface area contributed by atoms with Gasteiger partial charge in [-0.2, -0.15) is 0 Å². The number of alkyl carbamates (subject to hydrolysis) is 1. The fraction of sp³-hybridized carbons (Fsp3) is 0.375. The van der Waals surface area contributed by atoms with Gasteiger partial charge in [-0.25, -0.2) is 4.79 Å². The van der Waals surface area contributed by atoms with Gasteiger partial charge in [-0.1, -0.05) is 48.5 Å². The third kappa shape index (κ3) is 4.55. The molecule has 2 aliphatic carbocycles. The highest BCUT2D eigenvalue weighted by Gasteiger charge is 2.44. The molecule has 0 unspecified atom stereocenters. The molecule has 0 spiro atoms. The fourth-order valence-corrected chi connectivity index (χ4v) is 4.30. The number of fused-ring (bicyclic) bond motifs is 3. The van der Waals surface area contributed by atoms with Crippen molar-refractivity contribution in [2.45, 2.75) is 18.8 Å². The second kappa shape index (κ2) is 8.79. The number of hydrogen-bond acceptors (Lipinski definition) is 4. The first-order valence-corrected chi connectivity index (χ1v) is 10.5. The molecule has 31 heavy (non-hydrogen) atoms. The van der Waals surface area contributed by atoms with Crippen molar-refractivity contribution in [3.8, 4) is 11.1 Å². The Morgan fingerprint density at radius 2 is 1.68 bits per heavy atom. The number of aliphatic carboxylic acids is 1. The first kappa shape index (κ1) is 20.9. The summed E-state index contributed by atoms with van der Waals surface area (Å²) in [5, 5.41) is 11.5. The van der Waals surface area contributed by atoms with Crippen LogP contribution in [-0.4, -0.2) is 54.7 Å². The number of ether oxygens (including phenoxy) is 1. The predicted molar refractivity (Wildman–Crippen MR) is 115 cm³/mol. The van der Waals surface area contributed by atoms with Crippen molar-refractivity contribution in [1.82, 2.24) is 10.2 Å². The van der Waals surface area contributed by atoms with Crippen LogP contribution in [-0.2, 0) is 14.3 Å². The molecule has 1 fully saturated rings. The average molecular weight is 422 g/mol. The molecule has 2 aromatic carbocycles. The Bertz CT molecular complexity index is 959. The van der Waals surface area contributed by atoms with Crippen molar-refractivity contribution in [3.05, 3.63) is 59.7 Å². The first-order valence-electron chi connectivity index (χ1n) is 10.5. The summed E-state index contributed by atoms with van der Waals surface area (Å²) in [5.41, 5.74) is 4.68. The van der Waals surface area contributed by atoms with Crippen LogP contribution < -0.4 is 5.32 Å². The second-order valence-corrected chi connectivity index (χ2v) is 8.21. The van der Waals surface area contributed by atoms with Gasteiger partial charge in [0.15, 0.2) is 0 Å². The van der Waals surface area contributed by atoms with E-state index in [1.165, 1.54) is 16.0 Å². The van der Waals surface area contributed by atoms with E-state index in [1.54, 1.807) is 7.05 Å². The number of carbonyl (C=O) groups excluding carboxylic acids is 2. The molecule has 0 aliphatic heterocycles. The molecular weight excluding hydrogens is 396 g/mol. The molecule has 162 valence electrons. The van der Waals surface area contributed by atoms with E-state index in [4.69, 9.17) is 9.84 Å². The van der Waals surface area contributed by atoms with Gasteiger partial charge in [0.05, 0.1) is 6.42 Å². The number of benzene rings is 2.